The van der Waals surface area contributed by atoms with Crippen molar-refractivity contribution in [3.05, 3.63) is 23.8 Å². The van der Waals surface area contributed by atoms with Crippen LogP contribution in [0.5, 0.6) is 11.5 Å². The van der Waals surface area contributed by atoms with Gasteiger partial charge in [-0.15, -0.1) is 0 Å². The van der Waals surface area contributed by atoms with Gasteiger partial charge in [0.1, 0.15) is 0 Å². The molecule has 0 aliphatic heterocycles. The van der Waals surface area contributed by atoms with Crippen molar-refractivity contribution in [1.82, 2.24) is 5.32 Å². The zero-order chi connectivity index (χ0) is 15.0. The molecule has 1 rings (SSSR count). The molecule has 0 aromatic heterocycles. The molecule has 0 fully saturated rings. The van der Waals surface area contributed by atoms with Crippen LogP contribution in [-0.2, 0) is 14.3 Å². The van der Waals surface area contributed by atoms with Gasteiger partial charge in [-0.25, -0.2) is 4.79 Å². The molecular weight excluding hydrogens is 262 g/mol. The topological polar surface area (TPSA) is 73.9 Å². The molecule has 6 heteroatoms. The highest BCUT2D eigenvalue weighted by molar-refractivity contribution is 5.80. The minimum absolute atomic E-state index is 0.279. The molecule has 1 amide bonds. The van der Waals surface area contributed by atoms with Crippen LogP contribution in [0.1, 0.15) is 12.5 Å². The van der Waals surface area contributed by atoms with E-state index in [1.165, 1.54) is 7.11 Å². The highest BCUT2D eigenvalue weighted by Gasteiger charge is 2.10. The highest BCUT2D eigenvalue weighted by Crippen LogP contribution is 2.27. The summed E-state index contributed by atoms with van der Waals surface area (Å²) in [4.78, 5) is 22.5. The Morgan fingerprint density at radius 3 is 2.60 bits per heavy atom. The van der Waals surface area contributed by atoms with E-state index in [2.05, 4.69) is 5.32 Å². The lowest BCUT2D eigenvalue weighted by atomic mass is 10.2. The summed E-state index contributed by atoms with van der Waals surface area (Å²) in [5.74, 6) is 0.0437. The number of nitrogens with one attached hydrogen (secondary N) is 1. The molecule has 0 radical (unpaired) electrons. The van der Waals surface area contributed by atoms with Crippen LogP contribution in [0.4, 0.5) is 0 Å². The predicted octanol–water partition coefficient (Wildman–Crippen LogP) is 1.06. The maximum Gasteiger partial charge on any atom is 0.344 e. The number of amides is 1. The van der Waals surface area contributed by atoms with Crippen LogP contribution in [-0.4, -0.2) is 38.7 Å². The number of benzene rings is 1. The molecule has 0 saturated heterocycles. The molecule has 0 heterocycles. The molecule has 6 nitrogen and oxygen atoms in total. The Kier molecular flexibility index (Phi) is 6.36. The number of carbonyl (C=O) groups excluding carboxylic acids is 2. The van der Waals surface area contributed by atoms with E-state index in [1.54, 1.807) is 19.1 Å². The second-order valence-electron chi connectivity index (χ2n) is 4.06. The fraction of sp³-hybridized carbons (Fsp3) is 0.429. The minimum atomic E-state index is -0.612. The van der Waals surface area contributed by atoms with Crippen molar-refractivity contribution in [2.24, 2.45) is 0 Å². The lowest BCUT2D eigenvalue weighted by Gasteiger charge is -2.11. The summed E-state index contributed by atoms with van der Waals surface area (Å²) in [6.45, 7) is 3.62. The number of methoxy groups -OCH3 is 1. The first-order valence-corrected chi connectivity index (χ1v) is 6.26. The van der Waals surface area contributed by atoms with Crippen LogP contribution < -0.4 is 14.8 Å². The lowest BCUT2D eigenvalue weighted by molar-refractivity contribution is -0.150. The monoisotopic (exact) mass is 281 g/mol. The molecule has 0 aliphatic rings. The zero-order valence-corrected chi connectivity index (χ0v) is 11.9. The van der Waals surface area contributed by atoms with Gasteiger partial charge in [-0.1, -0.05) is 6.07 Å². The Morgan fingerprint density at radius 1 is 1.20 bits per heavy atom. The van der Waals surface area contributed by atoms with Gasteiger partial charge in [-0.05, 0) is 31.5 Å². The molecule has 1 N–H and O–H groups in total. The van der Waals surface area contributed by atoms with Crippen LogP contribution in [0.2, 0.25) is 0 Å². The van der Waals surface area contributed by atoms with Gasteiger partial charge in [-0.2, -0.15) is 0 Å². The predicted molar refractivity (Wildman–Crippen MR) is 72.9 cm³/mol. The maximum absolute atomic E-state index is 11.4. The first kappa shape index (κ1) is 15.8. The number of aryl methyl sites for hydroxylation is 1. The molecule has 0 saturated carbocycles. The fourth-order valence-electron chi connectivity index (χ4n) is 1.47. The van der Waals surface area contributed by atoms with E-state index in [0.29, 0.717) is 18.0 Å². The van der Waals surface area contributed by atoms with Gasteiger partial charge in [-0.3, -0.25) is 4.79 Å². The number of rotatable bonds is 7. The maximum atomic E-state index is 11.4. The molecule has 0 unspecified atom stereocenters. The SMILES string of the molecule is CCNC(=O)COC(=O)COc1ccc(C)cc1OC. The van der Waals surface area contributed by atoms with Crippen LogP contribution in [0, 0.1) is 6.92 Å². The van der Waals surface area contributed by atoms with Crippen molar-refractivity contribution in [3.63, 3.8) is 0 Å². The number of hydrogen-bond acceptors (Lipinski definition) is 5. The van der Waals surface area contributed by atoms with Gasteiger partial charge in [0.2, 0.25) is 0 Å². The molecule has 1 aromatic rings. The van der Waals surface area contributed by atoms with Crippen LogP contribution in [0.15, 0.2) is 18.2 Å². The van der Waals surface area contributed by atoms with Crippen molar-refractivity contribution in [3.8, 4) is 11.5 Å². The quantitative estimate of drug-likeness (QED) is 0.757. The summed E-state index contributed by atoms with van der Waals surface area (Å²) in [6, 6.07) is 5.36. The van der Waals surface area contributed by atoms with Crippen LogP contribution in [0.3, 0.4) is 0 Å². The van der Waals surface area contributed by atoms with E-state index in [0.717, 1.165) is 5.56 Å². The highest BCUT2D eigenvalue weighted by atomic mass is 16.6. The number of likely N-dealkylation sites (N-methyl/N-ethyl adjacent to an activating group) is 1. The van der Waals surface area contributed by atoms with Gasteiger partial charge in [0.25, 0.3) is 5.91 Å². The van der Waals surface area contributed by atoms with Gasteiger partial charge in [0, 0.05) is 6.54 Å². The average molecular weight is 281 g/mol. The van der Waals surface area contributed by atoms with Gasteiger partial charge >= 0.3 is 5.97 Å². The van der Waals surface area contributed by atoms with E-state index in [9.17, 15) is 9.59 Å². The van der Waals surface area contributed by atoms with Crippen molar-refractivity contribution in [2.45, 2.75) is 13.8 Å². The molecular formula is C14H19NO5. The third-order valence-corrected chi connectivity index (χ3v) is 2.40. The van der Waals surface area contributed by atoms with Crippen molar-refractivity contribution >= 4 is 11.9 Å². The Bertz CT molecular complexity index is 473. The summed E-state index contributed by atoms with van der Waals surface area (Å²) in [7, 11) is 1.52. The smallest absolute Gasteiger partial charge is 0.344 e. The standard InChI is InChI=1S/C14H19NO5/c1-4-15-13(16)8-20-14(17)9-19-11-6-5-10(2)7-12(11)18-3/h5-7H,4,8-9H2,1-3H3,(H,15,16). The molecule has 0 spiro atoms. The third kappa shape index (κ3) is 5.17. The molecule has 1 aromatic carbocycles. The Balaban J connectivity index is 2.43. The summed E-state index contributed by atoms with van der Waals surface area (Å²) >= 11 is 0. The second-order valence-corrected chi connectivity index (χ2v) is 4.06. The van der Waals surface area contributed by atoms with Gasteiger partial charge in [0.15, 0.2) is 24.7 Å². The lowest BCUT2D eigenvalue weighted by Crippen LogP contribution is -2.29. The molecule has 0 aliphatic carbocycles. The van der Waals surface area contributed by atoms with E-state index in [-0.39, 0.29) is 19.1 Å². The summed E-state index contributed by atoms with van der Waals surface area (Å²) in [5.41, 5.74) is 1.02. The third-order valence-electron chi connectivity index (χ3n) is 2.40. The molecule has 0 atom stereocenters. The van der Waals surface area contributed by atoms with E-state index in [1.807, 2.05) is 13.0 Å². The Labute approximate surface area is 118 Å². The average Bonchev–Trinajstić information content (AvgIpc) is 2.44. The molecule has 110 valence electrons. The summed E-state index contributed by atoms with van der Waals surface area (Å²) in [5, 5.41) is 2.52. The van der Waals surface area contributed by atoms with E-state index >= 15 is 0 Å². The normalized spacial score (nSPS) is 9.75. The first-order valence-electron chi connectivity index (χ1n) is 6.26. The first-order chi connectivity index (χ1) is 9.56. The Hall–Kier alpha value is -2.24. The molecule has 20 heavy (non-hydrogen) atoms. The van der Waals surface area contributed by atoms with E-state index in [4.69, 9.17) is 14.2 Å². The number of esters is 1. The number of carbonyl (C=O) groups is 2. The zero-order valence-electron chi connectivity index (χ0n) is 11.9. The van der Waals surface area contributed by atoms with Gasteiger partial charge in [0.05, 0.1) is 7.11 Å². The van der Waals surface area contributed by atoms with E-state index < -0.39 is 5.97 Å². The summed E-state index contributed by atoms with van der Waals surface area (Å²) in [6.07, 6.45) is 0. The number of hydrogen-bond donors (Lipinski definition) is 1. The molecule has 0 bridgehead atoms. The second kappa shape index (κ2) is 8.04. The van der Waals surface area contributed by atoms with Crippen molar-refractivity contribution in [2.75, 3.05) is 26.9 Å². The number of ether oxygens (including phenoxy) is 3. The fourth-order valence-corrected chi connectivity index (χ4v) is 1.47. The van der Waals surface area contributed by atoms with Crippen molar-refractivity contribution in [1.29, 1.82) is 0 Å². The largest absolute Gasteiger partial charge is 0.493 e. The van der Waals surface area contributed by atoms with Crippen molar-refractivity contribution < 1.29 is 23.8 Å². The minimum Gasteiger partial charge on any atom is -0.493 e. The van der Waals surface area contributed by atoms with Crippen LogP contribution >= 0.6 is 0 Å². The van der Waals surface area contributed by atoms with Crippen LogP contribution in [0.25, 0.3) is 0 Å². The van der Waals surface area contributed by atoms with Gasteiger partial charge < -0.3 is 19.5 Å². The Morgan fingerprint density at radius 2 is 1.95 bits per heavy atom. The summed E-state index contributed by atoms with van der Waals surface area (Å²) < 4.78 is 15.2.